The highest BCUT2D eigenvalue weighted by molar-refractivity contribution is 5.78. The van der Waals surface area contributed by atoms with Gasteiger partial charge in [0.25, 0.3) is 0 Å². The van der Waals surface area contributed by atoms with Crippen LogP contribution in [0.25, 0.3) is 0 Å². The predicted octanol–water partition coefficient (Wildman–Crippen LogP) is 0.871. The summed E-state index contributed by atoms with van der Waals surface area (Å²) in [7, 11) is 0. The third-order valence-electron chi connectivity index (χ3n) is 4.49. The van der Waals surface area contributed by atoms with Crippen molar-refractivity contribution in [3.05, 3.63) is 35.9 Å². The van der Waals surface area contributed by atoms with Crippen LogP contribution >= 0.6 is 0 Å². The summed E-state index contributed by atoms with van der Waals surface area (Å²) in [6.07, 6.45) is 1.40. The van der Waals surface area contributed by atoms with E-state index in [1.165, 1.54) is 0 Å². The lowest BCUT2D eigenvalue weighted by Gasteiger charge is -2.33. The minimum Gasteiger partial charge on any atom is -0.390 e. The van der Waals surface area contributed by atoms with Crippen LogP contribution in [-0.2, 0) is 16.1 Å². The van der Waals surface area contributed by atoms with Gasteiger partial charge in [-0.3, -0.25) is 9.69 Å². The first-order chi connectivity index (χ1) is 10.7. The topological polar surface area (TPSA) is 53.0 Å². The quantitative estimate of drug-likeness (QED) is 0.900. The molecule has 120 valence electrons. The van der Waals surface area contributed by atoms with Crippen LogP contribution in [0.5, 0.6) is 0 Å². The van der Waals surface area contributed by atoms with E-state index in [9.17, 15) is 9.90 Å². The lowest BCUT2D eigenvalue weighted by molar-refractivity contribution is -0.132. The van der Waals surface area contributed by atoms with E-state index in [0.29, 0.717) is 32.2 Å². The Morgan fingerprint density at radius 3 is 2.59 bits per heavy atom. The number of hydrogen-bond donors (Lipinski definition) is 1. The van der Waals surface area contributed by atoms with E-state index in [0.717, 1.165) is 31.6 Å². The maximum absolute atomic E-state index is 12.6. The second-order valence-corrected chi connectivity index (χ2v) is 6.19. The molecule has 1 N–H and O–H groups in total. The molecule has 1 amide bonds. The number of carbonyl (C=O) groups is 1. The maximum Gasteiger partial charge on any atom is 0.237 e. The highest BCUT2D eigenvalue weighted by Gasteiger charge is 2.31. The van der Waals surface area contributed by atoms with Crippen LogP contribution in [0.15, 0.2) is 30.3 Å². The van der Waals surface area contributed by atoms with Crippen LogP contribution in [0, 0.1) is 0 Å². The fourth-order valence-corrected chi connectivity index (χ4v) is 3.31. The van der Waals surface area contributed by atoms with Crippen molar-refractivity contribution in [3.63, 3.8) is 0 Å². The maximum atomic E-state index is 12.6. The second-order valence-electron chi connectivity index (χ2n) is 6.19. The first kappa shape index (κ1) is 15.5. The van der Waals surface area contributed by atoms with Gasteiger partial charge in [0.15, 0.2) is 0 Å². The van der Waals surface area contributed by atoms with Gasteiger partial charge >= 0.3 is 0 Å². The molecule has 22 heavy (non-hydrogen) atoms. The Hall–Kier alpha value is -1.43. The van der Waals surface area contributed by atoms with Gasteiger partial charge < -0.3 is 14.7 Å². The van der Waals surface area contributed by atoms with Crippen LogP contribution in [0.3, 0.4) is 0 Å². The number of nitrogens with zero attached hydrogens (tertiary/aromatic N) is 2. The van der Waals surface area contributed by atoms with Crippen molar-refractivity contribution in [3.8, 4) is 0 Å². The average Bonchev–Trinajstić information content (AvgIpc) is 2.68. The number of aliphatic hydroxyl groups is 1. The largest absolute Gasteiger partial charge is 0.390 e. The molecule has 2 aliphatic heterocycles. The molecular weight excluding hydrogens is 280 g/mol. The molecule has 5 nitrogen and oxygen atoms in total. The highest BCUT2D eigenvalue weighted by atomic mass is 16.5. The first-order valence-corrected chi connectivity index (χ1v) is 8.04. The number of hydrogen-bond acceptors (Lipinski definition) is 4. The molecule has 0 aromatic heterocycles. The SMILES string of the molecule is O=C1CN(C2CCOCC2)CC(O)CN1Cc1ccccc1. The lowest BCUT2D eigenvalue weighted by Crippen LogP contribution is -2.44. The summed E-state index contributed by atoms with van der Waals surface area (Å²) >= 11 is 0. The van der Waals surface area contributed by atoms with E-state index >= 15 is 0 Å². The van der Waals surface area contributed by atoms with E-state index in [2.05, 4.69) is 4.90 Å². The molecule has 1 atom stereocenters. The number of aliphatic hydroxyl groups excluding tert-OH is 1. The third-order valence-corrected chi connectivity index (χ3v) is 4.49. The molecular formula is C17H24N2O3. The van der Waals surface area contributed by atoms with Crippen LogP contribution in [0.1, 0.15) is 18.4 Å². The fourth-order valence-electron chi connectivity index (χ4n) is 3.31. The van der Waals surface area contributed by atoms with Gasteiger partial charge in [0.05, 0.1) is 12.6 Å². The zero-order valence-corrected chi connectivity index (χ0v) is 12.9. The van der Waals surface area contributed by atoms with E-state index in [1.807, 2.05) is 30.3 Å². The van der Waals surface area contributed by atoms with Crippen molar-refractivity contribution in [2.45, 2.75) is 31.5 Å². The summed E-state index contributed by atoms with van der Waals surface area (Å²) in [5.41, 5.74) is 1.10. The Labute approximate surface area is 131 Å². The smallest absolute Gasteiger partial charge is 0.237 e. The molecule has 0 spiro atoms. The molecule has 3 rings (SSSR count). The number of β-amino-alcohol motifs (C(OH)–C–C–N with tert-alkyl or cyclic N) is 1. The molecule has 2 fully saturated rings. The molecule has 1 aromatic carbocycles. The standard InChI is InChI=1S/C17H24N2O3/c20-16-11-18(15-6-8-22-9-7-15)13-17(21)19(12-16)10-14-4-2-1-3-5-14/h1-5,15-16,20H,6-13H2. The Bertz CT molecular complexity index is 488. The summed E-state index contributed by atoms with van der Waals surface area (Å²) < 4.78 is 5.39. The van der Waals surface area contributed by atoms with E-state index in [-0.39, 0.29) is 5.91 Å². The summed E-state index contributed by atoms with van der Waals surface area (Å²) in [4.78, 5) is 16.5. The van der Waals surface area contributed by atoms with Gasteiger partial charge in [-0.25, -0.2) is 0 Å². The Balaban J connectivity index is 1.66. The van der Waals surface area contributed by atoms with Crippen molar-refractivity contribution >= 4 is 5.91 Å². The van der Waals surface area contributed by atoms with Gasteiger partial charge in [-0.05, 0) is 18.4 Å². The molecule has 0 bridgehead atoms. The molecule has 0 aliphatic carbocycles. The molecule has 0 radical (unpaired) electrons. The van der Waals surface area contributed by atoms with Gasteiger partial charge in [-0.1, -0.05) is 30.3 Å². The minimum absolute atomic E-state index is 0.104. The van der Waals surface area contributed by atoms with Crippen LogP contribution in [0.2, 0.25) is 0 Å². The average molecular weight is 304 g/mol. The Kier molecular flexibility index (Phi) is 5.08. The zero-order chi connectivity index (χ0) is 15.4. The summed E-state index contributed by atoms with van der Waals surface area (Å²) in [5.74, 6) is 0.104. The van der Waals surface area contributed by atoms with Crippen molar-refractivity contribution in [1.29, 1.82) is 0 Å². The van der Waals surface area contributed by atoms with E-state index in [4.69, 9.17) is 4.74 Å². The second kappa shape index (κ2) is 7.22. The Morgan fingerprint density at radius 1 is 1.14 bits per heavy atom. The van der Waals surface area contributed by atoms with Gasteiger partial charge in [0.1, 0.15) is 0 Å². The van der Waals surface area contributed by atoms with Gasteiger partial charge in [-0.15, -0.1) is 0 Å². The number of rotatable bonds is 3. The van der Waals surface area contributed by atoms with Crippen LogP contribution in [-0.4, -0.2) is 65.8 Å². The Morgan fingerprint density at radius 2 is 1.86 bits per heavy atom. The zero-order valence-electron chi connectivity index (χ0n) is 12.9. The summed E-state index contributed by atoms with van der Waals surface area (Å²) in [6, 6.07) is 10.3. The van der Waals surface area contributed by atoms with Crippen molar-refractivity contribution in [2.75, 3.05) is 32.8 Å². The molecule has 1 unspecified atom stereocenters. The van der Waals surface area contributed by atoms with Crippen LogP contribution in [0.4, 0.5) is 0 Å². The molecule has 2 saturated heterocycles. The summed E-state index contributed by atoms with van der Waals surface area (Å²) in [5, 5.41) is 10.3. The van der Waals surface area contributed by atoms with Crippen molar-refractivity contribution in [1.82, 2.24) is 9.80 Å². The van der Waals surface area contributed by atoms with Gasteiger partial charge in [0, 0.05) is 38.9 Å². The molecule has 0 saturated carbocycles. The van der Waals surface area contributed by atoms with E-state index in [1.54, 1.807) is 4.90 Å². The fraction of sp³-hybridized carbons (Fsp3) is 0.588. The predicted molar refractivity (Wildman–Crippen MR) is 83.3 cm³/mol. The normalized spacial score (nSPS) is 25.2. The number of benzene rings is 1. The summed E-state index contributed by atoms with van der Waals surface area (Å²) in [6.45, 7) is 3.44. The molecule has 2 aliphatic rings. The number of amides is 1. The van der Waals surface area contributed by atoms with Crippen molar-refractivity contribution in [2.24, 2.45) is 0 Å². The first-order valence-electron chi connectivity index (χ1n) is 8.04. The molecule has 1 aromatic rings. The van der Waals surface area contributed by atoms with E-state index < -0.39 is 6.10 Å². The number of ether oxygens (including phenoxy) is 1. The third kappa shape index (κ3) is 3.85. The monoisotopic (exact) mass is 304 g/mol. The highest BCUT2D eigenvalue weighted by Crippen LogP contribution is 2.18. The van der Waals surface area contributed by atoms with Gasteiger partial charge in [-0.2, -0.15) is 0 Å². The van der Waals surface area contributed by atoms with Gasteiger partial charge in [0.2, 0.25) is 5.91 Å². The molecule has 2 heterocycles. The minimum atomic E-state index is -0.488. The van der Waals surface area contributed by atoms with Crippen molar-refractivity contribution < 1.29 is 14.6 Å². The lowest BCUT2D eigenvalue weighted by atomic mass is 10.1. The molecule has 5 heteroatoms. The number of carbonyl (C=O) groups excluding carboxylic acids is 1. The van der Waals surface area contributed by atoms with Crippen LogP contribution < -0.4 is 0 Å².